The van der Waals surface area contributed by atoms with E-state index >= 15 is 0 Å². The first-order valence-electron chi connectivity index (χ1n) is 9.49. The average molecular weight is 363 g/mol. The topological polar surface area (TPSA) is 56.3 Å². The fourth-order valence-electron chi connectivity index (χ4n) is 3.90. The minimum Gasteiger partial charge on any atom is -0.363 e. The van der Waals surface area contributed by atoms with E-state index in [0.29, 0.717) is 22.9 Å². The van der Waals surface area contributed by atoms with Gasteiger partial charge in [-0.3, -0.25) is 0 Å². The Bertz CT molecular complexity index is 591. The number of rotatable bonds is 4. The van der Waals surface area contributed by atoms with Crippen LogP contribution in [0.2, 0.25) is 0 Å². The summed E-state index contributed by atoms with van der Waals surface area (Å²) in [5.41, 5.74) is 0. The maximum atomic E-state index is 5.32. The number of aromatic nitrogens is 2. The molecule has 0 amide bonds. The zero-order valence-electron chi connectivity index (χ0n) is 15.6. The largest absolute Gasteiger partial charge is 0.363 e. The molecular formula is C18H30N6S. The molecular weight excluding hydrogens is 332 g/mol. The molecule has 0 saturated carbocycles. The number of nitrogens with one attached hydrogen (secondary N) is 2. The summed E-state index contributed by atoms with van der Waals surface area (Å²) in [4.78, 5) is 14.2. The molecule has 3 heterocycles. The lowest BCUT2D eigenvalue weighted by molar-refractivity contribution is 0.355. The molecule has 3 rings (SSSR count). The molecule has 0 radical (unpaired) electrons. The molecule has 2 atom stereocenters. The Balaban J connectivity index is 1.87. The van der Waals surface area contributed by atoms with E-state index in [-0.39, 0.29) is 0 Å². The first-order valence-corrected chi connectivity index (χ1v) is 9.89. The third-order valence-electron chi connectivity index (χ3n) is 4.88. The van der Waals surface area contributed by atoms with Crippen molar-refractivity contribution in [3.63, 3.8) is 0 Å². The third kappa shape index (κ3) is 4.71. The lowest BCUT2D eigenvalue weighted by atomic mass is 9.92. The fraction of sp³-hybridized carbons (Fsp3) is 0.722. The van der Waals surface area contributed by atoms with E-state index in [2.05, 4.69) is 40.3 Å². The first-order chi connectivity index (χ1) is 12.0. The van der Waals surface area contributed by atoms with Crippen LogP contribution in [0.25, 0.3) is 0 Å². The lowest BCUT2D eigenvalue weighted by Crippen LogP contribution is -2.39. The maximum absolute atomic E-state index is 5.32. The Morgan fingerprint density at radius 1 is 1.12 bits per heavy atom. The van der Waals surface area contributed by atoms with Crippen molar-refractivity contribution in [2.75, 3.05) is 47.8 Å². The predicted octanol–water partition coefficient (Wildman–Crippen LogP) is 2.87. The summed E-state index contributed by atoms with van der Waals surface area (Å²) in [5, 5.41) is 6.84. The first kappa shape index (κ1) is 18.2. The van der Waals surface area contributed by atoms with Gasteiger partial charge in [-0.25, -0.2) is 0 Å². The predicted molar refractivity (Wildman–Crippen MR) is 109 cm³/mol. The number of hydrogen-bond donors (Lipinski definition) is 2. The number of thiocarbonyl (C=S) groups is 1. The van der Waals surface area contributed by atoms with Gasteiger partial charge in [-0.15, -0.1) is 0 Å². The van der Waals surface area contributed by atoms with Gasteiger partial charge in [0.15, 0.2) is 5.11 Å². The van der Waals surface area contributed by atoms with Crippen LogP contribution in [0.4, 0.5) is 17.6 Å². The fourth-order valence-corrected chi connectivity index (χ4v) is 4.14. The Kier molecular flexibility index (Phi) is 5.93. The van der Waals surface area contributed by atoms with E-state index in [1.807, 2.05) is 6.92 Å². The van der Waals surface area contributed by atoms with E-state index in [1.165, 1.54) is 19.3 Å². The molecule has 138 valence electrons. The zero-order chi connectivity index (χ0) is 17.8. The number of anilines is 3. The summed E-state index contributed by atoms with van der Waals surface area (Å²) < 4.78 is 0. The van der Waals surface area contributed by atoms with Gasteiger partial charge < -0.3 is 20.4 Å². The second-order valence-corrected chi connectivity index (χ2v) is 7.85. The van der Waals surface area contributed by atoms with Crippen molar-refractivity contribution in [2.45, 2.75) is 40.0 Å². The SMILES string of the molecule is CCNC(=S)Nc1nc(N2CCCC2)cc(N2CC(C)CC(C)C2)n1. The Morgan fingerprint density at radius 3 is 2.32 bits per heavy atom. The van der Waals surface area contributed by atoms with Gasteiger partial charge in [0.2, 0.25) is 5.95 Å². The molecule has 0 aromatic carbocycles. The number of hydrogen-bond acceptors (Lipinski definition) is 5. The van der Waals surface area contributed by atoms with Crippen LogP contribution in [-0.4, -0.2) is 47.8 Å². The Morgan fingerprint density at radius 2 is 1.72 bits per heavy atom. The molecule has 0 spiro atoms. The van der Waals surface area contributed by atoms with E-state index in [1.54, 1.807) is 0 Å². The molecule has 2 N–H and O–H groups in total. The highest BCUT2D eigenvalue weighted by atomic mass is 32.1. The van der Waals surface area contributed by atoms with Crippen LogP contribution in [0.15, 0.2) is 6.07 Å². The van der Waals surface area contributed by atoms with Crippen LogP contribution >= 0.6 is 12.2 Å². The van der Waals surface area contributed by atoms with E-state index in [0.717, 1.165) is 44.4 Å². The van der Waals surface area contributed by atoms with Crippen molar-refractivity contribution in [2.24, 2.45) is 11.8 Å². The van der Waals surface area contributed by atoms with E-state index in [4.69, 9.17) is 22.2 Å². The van der Waals surface area contributed by atoms with E-state index < -0.39 is 0 Å². The van der Waals surface area contributed by atoms with Crippen molar-refractivity contribution in [3.05, 3.63) is 6.07 Å². The minimum absolute atomic E-state index is 0.576. The summed E-state index contributed by atoms with van der Waals surface area (Å²) in [6.07, 6.45) is 3.75. The van der Waals surface area contributed by atoms with Gasteiger partial charge in [-0.05, 0) is 50.2 Å². The van der Waals surface area contributed by atoms with Crippen LogP contribution in [-0.2, 0) is 0 Å². The summed E-state index contributed by atoms with van der Waals surface area (Å²) >= 11 is 5.32. The van der Waals surface area contributed by atoms with E-state index in [9.17, 15) is 0 Å². The Hall–Kier alpha value is -1.63. The quantitative estimate of drug-likeness (QED) is 0.799. The van der Waals surface area contributed by atoms with Gasteiger partial charge in [0.25, 0.3) is 0 Å². The zero-order valence-corrected chi connectivity index (χ0v) is 16.4. The second kappa shape index (κ2) is 8.17. The molecule has 2 aliphatic heterocycles. The highest BCUT2D eigenvalue weighted by molar-refractivity contribution is 7.80. The summed E-state index contributed by atoms with van der Waals surface area (Å²) in [6, 6.07) is 2.15. The summed E-state index contributed by atoms with van der Waals surface area (Å²) in [6.45, 7) is 11.7. The number of piperidine rings is 1. The van der Waals surface area contributed by atoms with Gasteiger partial charge in [-0.2, -0.15) is 9.97 Å². The molecule has 2 unspecified atom stereocenters. The minimum atomic E-state index is 0.576. The average Bonchev–Trinajstić information content (AvgIpc) is 3.08. The van der Waals surface area contributed by atoms with Crippen LogP contribution < -0.4 is 20.4 Å². The second-order valence-electron chi connectivity index (χ2n) is 7.44. The van der Waals surface area contributed by atoms with Gasteiger partial charge in [-0.1, -0.05) is 13.8 Å². The lowest BCUT2D eigenvalue weighted by Gasteiger charge is -2.36. The molecule has 1 aromatic heterocycles. The molecule has 7 heteroatoms. The van der Waals surface area contributed by atoms with Crippen LogP contribution in [0.3, 0.4) is 0 Å². The van der Waals surface area contributed by atoms with Crippen molar-refractivity contribution in [3.8, 4) is 0 Å². The monoisotopic (exact) mass is 362 g/mol. The summed E-state index contributed by atoms with van der Waals surface area (Å²) in [7, 11) is 0. The van der Waals surface area contributed by atoms with Crippen LogP contribution in [0, 0.1) is 11.8 Å². The van der Waals surface area contributed by atoms with Crippen molar-refractivity contribution >= 4 is 34.9 Å². The van der Waals surface area contributed by atoms with Crippen molar-refractivity contribution in [1.29, 1.82) is 0 Å². The van der Waals surface area contributed by atoms with Crippen LogP contribution in [0.5, 0.6) is 0 Å². The van der Waals surface area contributed by atoms with Gasteiger partial charge in [0.05, 0.1) is 0 Å². The van der Waals surface area contributed by atoms with Gasteiger partial charge in [0, 0.05) is 38.8 Å². The molecule has 2 saturated heterocycles. The normalized spacial score (nSPS) is 23.6. The van der Waals surface area contributed by atoms with Crippen LogP contribution in [0.1, 0.15) is 40.0 Å². The standard InChI is InChI=1S/C18H30N6S/c1-4-19-18(25)22-17-20-15(23-7-5-6-8-23)10-16(21-17)24-11-13(2)9-14(3)12-24/h10,13-14H,4-9,11-12H2,1-3H3,(H2,19,20,21,22,25). The van der Waals surface area contributed by atoms with Gasteiger partial charge >= 0.3 is 0 Å². The maximum Gasteiger partial charge on any atom is 0.232 e. The highest BCUT2D eigenvalue weighted by Gasteiger charge is 2.25. The molecule has 1 aromatic rings. The van der Waals surface area contributed by atoms with Crippen molar-refractivity contribution < 1.29 is 0 Å². The van der Waals surface area contributed by atoms with Gasteiger partial charge in [0.1, 0.15) is 11.6 Å². The third-order valence-corrected chi connectivity index (χ3v) is 5.13. The summed E-state index contributed by atoms with van der Waals surface area (Å²) in [5.74, 6) is 3.99. The molecule has 6 nitrogen and oxygen atoms in total. The molecule has 0 aliphatic carbocycles. The molecule has 2 aliphatic rings. The molecule has 2 fully saturated rings. The molecule has 0 bridgehead atoms. The molecule has 25 heavy (non-hydrogen) atoms. The van der Waals surface area contributed by atoms with Crippen molar-refractivity contribution in [1.82, 2.24) is 15.3 Å². The smallest absolute Gasteiger partial charge is 0.232 e. The number of nitrogens with zero attached hydrogens (tertiary/aromatic N) is 4. The Labute approximate surface area is 156 Å². The highest BCUT2D eigenvalue weighted by Crippen LogP contribution is 2.29.